The number of nitrogens with zero attached hydrogens (tertiary/aromatic N) is 4. The molecule has 0 bridgehead atoms. The molecule has 12 heteroatoms. The second-order valence-corrected chi connectivity index (χ2v) is 10.3. The van der Waals surface area contributed by atoms with E-state index in [0.29, 0.717) is 26.5 Å². The van der Waals surface area contributed by atoms with Gasteiger partial charge in [0.2, 0.25) is 0 Å². The summed E-state index contributed by atoms with van der Waals surface area (Å²) < 4.78 is 23.1. The number of aromatic nitrogens is 2. The summed E-state index contributed by atoms with van der Waals surface area (Å²) >= 11 is 9.47. The number of benzene rings is 2. The van der Waals surface area contributed by atoms with E-state index in [9.17, 15) is 23.9 Å². The molecule has 1 aromatic heterocycles. The van der Waals surface area contributed by atoms with E-state index < -0.39 is 23.5 Å². The van der Waals surface area contributed by atoms with E-state index in [-0.39, 0.29) is 56.4 Å². The number of amides is 2. The first kappa shape index (κ1) is 25.5. The van der Waals surface area contributed by atoms with Crippen molar-refractivity contribution in [1.82, 2.24) is 18.9 Å². The number of aliphatic hydroxyl groups is 1. The quantitative estimate of drug-likeness (QED) is 0.502. The lowest BCUT2D eigenvalue weighted by atomic mass is 10.1. The molecule has 0 fully saturated rings. The number of methoxy groups -OCH3 is 1. The van der Waals surface area contributed by atoms with Gasteiger partial charge in [-0.1, -0.05) is 17.7 Å². The average Bonchev–Trinajstić information content (AvgIpc) is 3.08. The third kappa shape index (κ3) is 4.67. The van der Waals surface area contributed by atoms with Gasteiger partial charge in [-0.2, -0.15) is 0 Å². The Morgan fingerprint density at radius 1 is 1.16 bits per heavy atom. The van der Waals surface area contributed by atoms with Crippen molar-refractivity contribution in [2.45, 2.75) is 32.3 Å². The Morgan fingerprint density at radius 2 is 1.95 bits per heavy atom. The Labute approximate surface area is 224 Å². The molecule has 9 nitrogen and oxygen atoms in total. The average molecular weight is 594 g/mol. The van der Waals surface area contributed by atoms with Crippen molar-refractivity contribution in [2.24, 2.45) is 0 Å². The summed E-state index contributed by atoms with van der Waals surface area (Å²) in [6, 6.07) is 9.22. The molecule has 194 valence electrons. The zero-order valence-corrected chi connectivity index (χ0v) is 22.1. The molecule has 2 aliphatic heterocycles. The maximum atomic E-state index is 14.6. The SMILES string of the molecule is COc1ccc(CN2C[C@H](O)Cn3c(c4n(c3=O)CCN(C(=O)c3ccc(Br)c(Cl)c3)C4)C2=O)c(F)c1. The maximum absolute atomic E-state index is 14.6. The molecule has 3 aromatic rings. The monoisotopic (exact) mass is 592 g/mol. The van der Waals surface area contributed by atoms with Crippen LogP contribution in [0.2, 0.25) is 5.02 Å². The highest BCUT2D eigenvalue weighted by atomic mass is 79.9. The third-order valence-electron chi connectivity index (χ3n) is 6.65. The van der Waals surface area contributed by atoms with Gasteiger partial charge >= 0.3 is 5.69 Å². The van der Waals surface area contributed by atoms with Crippen molar-refractivity contribution in [3.05, 3.63) is 84.7 Å². The van der Waals surface area contributed by atoms with Gasteiger partial charge in [-0.25, -0.2) is 9.18 Å². The molecule has 2 aromatic carbocycles. The Morgan fingerprint density at radius 3 is 2.65 bits per heavy atom. The summed E-state index contributed by atoms with van der Waals surface area (Å²) in [5.74, 6) is -1.01. The van der Waals surface area contributed by atoms with Gasteiger partial charge < -0.3 is 19.6 Å². The first-order valence-electron chi connectivity index (χ1n) is 11.5. The standard InChI is InChI=1S/C25H23BrClFN4O5/c1-37-17-4-2-15(20(28)9-17)10-30-11-16(33)12-32-22(24(30)35)21-13-29(6-7-31(21)25(32)36)23(34)14-3-5-18(26)19(27)8-14/h2-5,8-9,16,33H,6-7,10-13H2,1H3/t16-/m0/s1. The van der Waals surface area contributed by atoms with Gasteiger partial charge in [-0.05, 0) is 40.2 Å². The van der Waals surface area contributed by atoms with Crippen LogP contribution in [0.4, 0.5) is 4.39 Å². The second-order valence-electron chi connectivity index (χ2n) is 8.99. The van der Waals surface area contributed by atoms with Crippen molar-refractivity contribution in [3.63, 3.8) is 0 Å². The van der Waals surface area contributed by atoms with E-state index in [4.69, 9.17) is 16.3 Å². The van der Waals surface area contributed by atoms with Gasteiger partial charge in [0.1, 0.15) is 17.3 Å². The number of hydrogen-bond donors (Lipinski definition) is 1. The van der Waals surface area contributed by atoms with E-state index in [2.05, 4.69) is 15.9 Å². The number of aliphatic hydroxyl groups excluding tert-OH is 1. The normalized spacial score (nSPS) is 17.3. The maximum Gasteiger partial charge on any atom is 0.329 e. The summed E-state index contributed by atoms with van der Waals surface area (Å²) in [7, 11) is 1.43. The molecule has 2 amide bonds. The van der Waals surface area contributed by atoms with Crippen molar-refractivity contribution < 1.29 is 23.8 Å². The number of fused-ring (bicyclic) bond motifs is 3. The molecular weight excluding hydrogens is 571 g/mol. The van der Waals surface area contributed by atoms with Gasteiger partial charge in [0, 0.05) is 47.8 Å². The molecular formula is C25H23BrClFN4O5. The lowest BCUT2D eigenvalue weighted by Crippen LogP contribution is -2.42. The number of carbonyl (C=O) groups is 2. The predicted molar refractivity (Wildman–Crippen MR) is 136 cm³/mol. The second kappa shape index (κ2) is 9.96. The van der Waals surface area contributed by atoms with Crippen molar-refractivity contribution >= 4 is 39.3 Å². The first-order valence-corrected chi connectivity index (χ1v) is 12.7. The molecule has 0 aliphatic carbocycles. The van der Waals surface area contributed by atoms with Crippen LogP contribution < -0.4 is 10.4 Å². The van der Waals surface area contributed by atoms with Gasteiger partial charge in [-0.15, -0.1) is 0 Å². The topological polar surface area (TPSA) is 97.0 Å². The van der Waals surface area contributed by atoms with Crippen LogP contribution in [0.5, 0.6) is 5.75 Å². The number of halogens is 3. The molecule has 1 N–H and O–H groups in total. The zero-order chi connectivity index (χ0) is 26.4. The highest BCUT2D eigenvalue weighted by molar-refractivity contribution is 9.10. The van der Waals surface area contributed by atoms with E-state index in [1.807, 2.05) is 0 Å². The van der Waals surface area contributed by atoms with Crippen LogP contribution in [0.15, 0.2) is 45.7 Å². The number of β-amino-alcohol motifs (C(OH)–C–C–N with tert-alkyl or cyclic N) is 1. The molecule has 1 atom stereocenters. The fraction of sp³-hybridized carbons (Fsp3) is 0.320. The van der Waals surface area contributed by atoms with Crippen molar-refractivity contribution in [3.8, 4) is 5.75 Å². The largest absolute Gasteiger partial charge is 0.497 e. The minimum Gasteiger partial charge on any atom is -0.497 e. The van der Waals surface area contributed by atoms with Crippen LogP contribution >= 0.6 is 27.5 Å². The molecule has 0 radical (unpaired) electrons. The summed E-state index contributed by atoms with van der Waals surface area (Å²) in [4.78, 5) is 43.0. The number of ether oxygens (including phenoxy) is 1. The van der Waals surface area contributed by atoms with E-state index in [0.717, 1.165) is 0 Å². The molecule has 0 spiro atoms. The number of carbonyl (C=O) groups excluding carboxylic acids is 2. The van der Waals surface area contributed by atoms with Crippen LogP contribution in [0.1, 0.15) is 32.1 Å². The number of imidazole rings is 1. The highest BCUT2D eigenvalue weighted by Crippen LogP contribution is 2.27. The lowest BCUT2D eigenvalue weighted by Gasteiger charge is -2.29. The minimum atomic E-state index is -1.03. The van der Waals surface area contributed by atoms with E-state index in [1.165, 1.54) is 33.3 Å². The third-order valence-corrected chi connectivity index (χ3v) is 7.89. The van der Waals surface area contributed by atoms with Gasteiger partial charge in [-0.3, -0.25) is 18.7 Å². The van der Waals surface area contributed by atoms with Crippen molar-refractivity contribution in [1.29, 1.82) is 0 Å². The Balaban J connectivity index is 1.48. The summed E-state index contributed by atoms with van der Waals surface area (Å²) in [5, 5.41) is 11.0. The Hall–Kier alpha value is -3.15. The summed E-state index contributed by atoms with van der Waals surface area (Å²) in [6.07, 6.45) is -1.03. The summed E-state index contributed by atoms with van der Waals surface area (Å²) in [5.41, 5.74) is 0.685. The van der Waals surface area contributed by atoms with Gasteiger partial charge in [0.05, 0.1) is 37.0 Å². The smallest absolute Gasteiger partial charge is 0.329 e. The van der Waals surface area contributed by atoms with Crippen LogP contribution in [0, 0.1) is 5.82 Å². The fourth-order valence-corrected chi connectivity index (χ4v) is 5.21. The molecule has 37 heavy (non-hydrogen) atoms. The minimum absolute atomic E-state index is 0.0245. The van der Waals surface area contributed by atoms with Crippen LogP contribution in [0.3, 0.4) is 0 Å². The van der Waals surface area contributed by atoms with E-state index in [1.54, 1.807) is 29.2 Å². The molecule has 2 aliphatic rings. The van der Waals surface area contributed by atoms with Crippen LogP contribution in [-0.2, 0) is 26.2 Å². The zero-order valence-electron chi connectivity index (χ0n) is 19.8. The highest BCUT2D eigenvalue weighted by Gasteiger charge is 2.36. The molecule has 0 saturated carbocycles. The van der Waals surface area contributed by atoms with Crippen LogP contribution in [0.25, 0.3) is 0 Å². The van der Waals surface area contributed by atoms with E-state index >= 15 is 0 Å². The van der Waals surface area contributed by atoms with Crippen LogP contribution in [-0.4, -0.2) is 62.2 Å². The fourth-order valence-electron chi connectivity index (χ4n) is 4.79. The van der Waals surface area contributed by atoms with Crippen molar-refractivity contribution in [2.75, 3.05) is 20.2 Å². The van der Waals surface area contributed by atoms with Gasteiger partial charge in [0.25, 0.3) is 11.8 Å². The predicted octanol–water partition coefficient (Wildman–Crippen LogP) is 2.89. The lowest BCUT2D eigenvalue weighted by molar-refractivity contribution is 0.0614. The van der Waals surface area contributed by atoms with Gasteiger partial charge in [0.15, 0.2) is 0 Å². The first-order chi connectivity index (χ1) is 17.7. The molecule has 0 saturated heterocycles. The molecule has 3 heterocycles. The Bertz CT molecular complexity index is 1470. The summed E-state index contributed by atoms with van der Waals surface area (Å²) in [6.45, 7) is 0.213. The molecule has 5 rings (SSSR count). The Kier molecular flexibility index (Phi) is 6.86. The molecule has 0 unspecified atom stereocenters. The number of rotatable bonds is 4. The number of hydrogen-bond acceptors (Lipinski definition) is 5.